The van der Waals surface area contributed by atoms with Gasteiger partial charge in [0.25, 0.3) is 11.6 Å². The monoisotopic (exact) mass is 360 g/mol. The minimum absolute atomic E-state index is 0.0923. The van der Waals surface area contributed by atoms with Crippen LogP contribution < -0.4 is 4.74 Å². The van der Waals surface area contributed by atoms with Gasteiger partial charge in [0, 0.05) is 18.0 Å². The Morgan fingerprint density at radius 2 is 1.92 bits per heavy atom. The van der Waals surface area contributed by atoms with E-state index in [2.05, 4.69) is 0 Å². The Bertz CT molecular complexity index is 762. The van der Waals surface area contributed by atoms with E-state index in [1.165, 1.54) is 22.7 Å². The van der Waals surface area contributed by atoms with E-state index in [9.17, 15) is 14.9 Å². The van der Waals surface area contributed by atoms with Crippen LogP contribution in [0, 0.1) is 17.0 Å². The summed E-state index contributed by atoms with van der Waals surface area (Å²) in [7, 11) is 1.61. The zero-order valence-electron chi connectivity index (χ0n) is 14.4. The highest BCUT2D eigenvalue weighted by atomic mass is 32.2. The number of aryl methyl sites for hydroxylation is 1. The van der Waals surface area contributed by atoms with Gasteiger partial charge in [-0.3, -0.25) is 14.9 Å². The SMILES string of the molecule is CSc1ccc([N+](=O)[O-])c(C(=O)N(C)CCOc2ccc(C)cc2)c1. The molecule has 0 saturated carbocycles. The Morgan fingerprint density at radius 3 is 2.52 bits per heavy atom. The van der Waals surface area contributed by atoms with Crippen LogP contribution >= 0.6 is 11.8 Å². The normalized spacial score (nSPS) is 10.4. The Labute approximate surface area is 150 Å². The molecule has 7 heteroatoms. The number of hydrogen-bond donors (Lipinski definition) is 0. The molecule has 0 radical (unpaired) electrons. The molecule has 2 aromatic rings. The van der Waals surface area contributed by atoms with Crippen molar-refractivity contribution in [3.8, 4) is 5.75 Å². The maximum Gasteiger partial charge on any atom is 0.282 e. The number of nitrogens with zero attached hydrogens (tertiary/aromatic N) is 2. The molecular weight excluding hydrogens is 340 g/mol. The van der Waals surface area contributed by atoms with Crippen molar-refractivity contribution in [2.45, 2.75) is 11.8 Å². The molecule has 0 atom stereocenters. The number of benzene rings is 2. The predicted molar refractivity (Wildman–Crippen MR) is 98.5 cm³/mol. The highest BCUT2D eigenvalue weighted by Gasteiger charge is 2.23. The number of nitro benzene ring substituents is 1. The van der Waals surface area contributed by atoms with Gasteiger partial charge in [-0.2, -0.15) is 0 Å². The number of hydrogen-bond acceptors (Lipinski definition) is 5. The summed E-state index contributed by atoms with van der Waals surface area (Å²) in [6, 6.07) is 12.2. The quantitative estimate of drug-likeness (QED) is 0.427. The number of likely N-dealkylation sites (N-methyl/N-ethyl adjacent to an activating group) is 1. The van der Waals surface area contributed by atoms with Crippen LogP contribution in [-0.4, -0.2) is 42.2 Å². The van der Waals surface area contributed by atoms with Gasteiger partial charge >= 0.3 is 0 Å². The molecule has 0 aliphatic heterocycles. The van der Waals surface area contributed by atoms with E-state index in [-0.39, 0.29) is 11.3 Å². The Balaban J connectivity index is 2.04. The molecule has 132 valence electrons. The molecule has 0 aliphatic rings. The van der Waals surface area contributed by atoms with Gasteiger partial charge in [0.05, 0.1) is 11.5 Å². The molecule has 25 heavy (non-hydrogen) atoms. The molecule has 0 heterocycles. The Kier molecular flexibility index (Phi) is 6.41. The fourth-order valence-corrected chi connectivity index (χ4v) is 2.65. The van der Waals surface area contributed by atoms with Crippen molar-refractivity contribution in [1.29, 1.82) is 0 Å². The number of thioether (sulfide) groups is 1. The van der Waals surface area contributed by atoms with E-state index < -0.39 is 10.8 Å². The second kappa shape index (κ2) is 8.53. The van der Waals surface area contributed by atoms with Crippen LogP contribution in [0.25, 0.3) is 0 Å². The van der Waals surface area contributed by atoms with Crippen molar-refractivity contribution in [1.82, 2.24) is 4.90 Å². The predicted octanol–water partition coefficient (Wildman–Crippen LogP) is 3.78. The van der Waals surface area contributed by atoms with Gasteiger partial charge in [0.15, 0.2) is 0 Å². The number of amides is 1. The summed E-state index contributed by atoms with van der Waals surface area (Å²) in [5.74, 6) is 0.330. The summed E-state index contributed by atoms with van der Waals surface area (Å²) in [5, 5.41) is 11.2. The van der Waals surface area contributed by atoms with Crippen LogP contribution in [0.2, 0.25) is 0 Å². The molecule has 0 unspecified atom stereocenters. The Morgan fingerprint density at radius 1 is 1.24 bits per heavy atom. The lowest BCUT2D eigenvalue weighted by Crippen LogP contribution is -2.31. The molecule has 1 amide bonds. The molecule has 0 bridgehead atoms. The second-order valence-electron chi connectivity index (χ2n) is 5.53. The van der Waals surface area contributed by atoms with E-state index in [1.54, 1.807) is 19.2 Å². The van der Waals surface area contributed by atoms with Crippen molar-refractivity contribution in [2.75, 3.05) is 26.5 Å². The van der Waals surface area contributed by atoms with E-state index in [1.807, 2.05) is 37.4 Å². The summed E-state index contributed by atoms with van der Waals surface area (Å²) in [4.78, 5) is 25.5. The van der Waals surface area contributed by atoms with Crippen LogP contribution in [0.15, 0.2) is 47.4 Å². The van der Waals surface area contributed by atoms with Crippen LogP contribution in [0.1, 0.15) is 15.9 Å². The molecule has 0 aromatic heterocycles. The van der Waals surface area contributed by atoms with Gasteiger partial charge in [0.1, 0.15) is 17.9 Å². The van der Waals surface area contributed by atoms with Crippen molar-refractivity contribution in [2.24, 2.45) is 0 Å². The van der Waals surface area contributed by atoms with Crippen LogP contribution in [0.3, 0.4) is 0 Å². The third-order valence-corrected chi connectivity index (χ3v) is 4.42. The number of carbonyl (C=O) groups is 1. The second-order valence-corrected chi connectivity index (χ2v) is 6.41. The topological polar surface area (TPSA) is 72.7 Å². The highest BCUT2D eigenvalue weighted by Crippen LogP contribution is 2.25. The van der Waals surface area contributed by atoms with Crippen molar-refractivity contribution >= 4 is 23.4 Å². The van der Waals surface area contributed by atoms with E-state index in [0.29, 0.717) is 13.2 Å². The standard InChI is InChI=1S/C18H20N2O4S/c1-13-4-6-14(7-5-13)24-11-10-19(2)18(21)16-12-15(25-3)8-9-17(16)20(22)23/h4-9,12H,10-11H2,1-3H3. The van der Waals surface area contributed by atoms with Crippen LogP contribution in [0.5, 0.6) is 5.75 Å². The Hall–Kier alpha value is -2.54. The van der Waals surface area contributed by atoms with Crippen molar-refractivity contribution < 1.29 is 14.5 Å². The maximum atomic E-state index is 12.6. The van der Waals surface area contributed by atoms with Crippen LogP contribution in [-0.2, 0) is 0 Å². The fraction of sp³-hybridized carbons (Fsp3) is 0.278. The summed E-state index contributed by atoms with van der Waals surface area (Å²) in [5.41, 5.74) is 1.05. The molecule has 0 spiro atoms. The minimum Gasteiger partial charge on any atom is -0.492 e. The minimum atomic E-state index is -0.534. The zero-order chi connectivity index (χ0) is 18.4. The van der Waals surface area contributed by atoms with Gasteiger partial charge in [-0.1, -0.05) is 17.7 Å². The number of nitro groups is 1. The lowest BCUT2D eigenvalue weighted by molar-refractivity contribution is -0.385. The largest absolute Gasteiger partial charge is 0.492 e. The highest BCUT2D eigenvalue weighted by molar-refractivity contribution is 7.98. The van der Waals surface area contributed by atoms with Gasteiger partial charge in [-0.05, 0) is 37.4 Å². The van der Waals surface area contributed by atoms with Gasteiger partial charge in [-0.15, -0.1) is 11.8 Å². The maximum absolute atomic E-state index is 12.6. The molecule has 0 aliphatic carbocycles. The first-order chi connectivity index (χ1) is 11.9. The molecule has 2 rings (SSSR count). The first-order valence-electron chi connectivity index (χ1n) is 7.69. The smallest absolute Gasteiger partial charge is 0.282 e. The third-order valence-electron chi connectivity index (χ3n) is 3.69. The summed E-state index contributed by atoms with van der Waals surface area (Å²) in [6.07, 6.45) is 1.86. The first kappa shape index (κ1) is 18.8. The molecule has 0 fully saturated rings. The number of rotatable bonds is 7. The molecule has 0 N–H and O–H groups in total. The number of ether oxygens (including phenoxy) is 1. The van der Waals surface area contributed by atoms with Gasteiger partial charge < -0.3 is 9.64 Å². The summed E-state index contributed by atoms with van der Waals surface area (Å²) >= 11 is 1.43. The van der Waals surface area contributed by atoms with Gasteiger partial charge in [-0.25, -0.2) is 0 Å². The van der Waals surface area contributed by atoms with E-state index in [0.717, 1.165) is 16.2 Å². The lowest BCUT2D eigenvalue weighted by atomic mass is 10.1. The summed E-state index contributed by atoms with van der Waals surface area (Å²) < 4.78 is 5.61. The lowest BCUT2D eigenvalue weighted by Gasteiger charge is -2.18. The molecule has 6 nitrogen and oxygen atoms in total. The van der Waals surface area contributed by atoms with Gasteiger partial charge in [0.2, 0.25) is 0 Å². The first-order valence-corrected chi connectivity index (χ1v) is 8.92. The molecule has 2 aromatic carbocycles. The number of carbonyl (C=O) groups excluding carboxylic acids is 1. The van der Waals surface area contributed by atoms with Crippen molar-refractivity contribution in [3.63, 3.8) is 0 Å². The van der Waals surface area contributed by atoms with Crippen LogP contribution in [0.4, 0.5) is 5.69 Å². The average molecular weight is 360 g/mol. The summed E-state index contributed by atoms with van der Waals surface area (Å²) in [6.45, 7) is 2.63. The van der Waals surface area contributed by atoms with E-state index >= 15 is 0 Å². The zero-order valence-corrected chi connectivity index (χ0v) is 15.2. The fourth-order valence-electron chi connectivity index (χ4n) is 2.21. The molecule has 0 saturated heterocycles. The third kappa shape index (κ3) is 4.96. The van der Waals surface area contributed by atoms with E-state index in [4.69, 9.17) is 4.74 Å². The average Bonchev–Trinajstić information content (AvgIpc) is 2.61. The molecular formula is C18H20N2O4S. The van der Waals surface area contributed by atoms with Crippen molar-refractivity contribution in [3.05, 3.63) is 63.7 Å².